The molecular weight excluding hydrogens is 318 g/mol. The highest BCUT2D eigenvalue weighted by Crippen LogP contribution is 2.28. The van der Waals surface area contributed by atoms with Crippen LogP contribution in [-0.2, 0) is 16.6 Å². The number of hydrogen-bond donors (Lipinski definition) is 2. The number of hydrogen-bond acceptors (Lipinski definition) is 7. The number of thiazole rings is 1. The Hall–Kier alpha value is -2.04. The largest absolute Gasteiger partial charge is 0.502 e. The van der Waals surface area contributed by atoms with Crippen molar-refractivity contribution in [2.75, 3.05) is 0 Å². The molecule has 1 heterocycles. The number of aryl methyl sites for hydroxylation is 1. The fourth-order valence-electron chi connectivity index (χ4n) is 1.54. The number of phenolic OH excluding ortho intramolecular Hbond substituents is 1. The molecular formula is C11H11N3O5S2. The van der Waals surface area contributed by atoms with Crippen LogP contribution in [0.5, 0.6) is 5.75 Å². The van der Waals surface area contributed by atoms with Crippen molar-refractivity contribution < 1.29 is 18.4 Å². The molecule has 0 bridgehead atoms. The van der Waals surface area contributed by atoms with Crippen molar-refractivity contribution in [1.29, 1.82) is 0 Å². The molecule has 112 valence electrons. The maximum Gasteiger partial charge on any atom is 0.312 e. The number of nitro benzene ring substituents is 1. The summed E-state index contributed by atoms with van der Waals surface area (Å²) < 4.78 is 26.4. The number of nitrogens with one attached hydrogen (secondary N) is 1. The molecule has 0 atom stereocenters. The Balaban J connectivity index is 2.23. The van der Waals surface area contributed by atoms with E-state index in [1.165, 1.54) is 11.3 Å². The van der Waals surface area contributed by atoms with Gasteiger partial charge in [-0.25, -0.2) is 18.1 Å². The van der Waals surface area contributed by atoms with Gasteiger partial charge in [-0.1, -0.05) is 0 Å². The molecule has 0 radical (unpaired) electrons. The third kappa shape index (κ3) is 3.54. The van der Waals surface area contributed by atoms with Gasteiger partial charge >= 0.3 is 5.69 Å². The van der Waals surface area contributed by atoms with Crippen LogP contribution in [0.3, 0.4) is 0 Å². The summed E-state index contributed by atoms with van der Waals surface area (Å²) in [4.78, 5) is 14.5. The van der Waals surface area contributed by atoms with Gasteiger partial charge in [-0.3, -0.25) is 10.1 Å². The van der Waals surface area contributed by atoms with Gasteiger partial charge < -0.3 is 5.11 Å². The second kappa shape index (κ2) is 5.76. The second-order valence-corrected chi connectivity index (χ2v) is 7.18. The predicted molar refractivity (Wildman–Crippen MR) is 75.6 cm³/mol. The van der Waals surface area contributed by atoms with Crippen LogP contribution < -0.4 is 4.72 Å². The van der Waals surface area contributed by atoms with E-state index in [-0.39, 0.29) is 11.4 Å². The highest BCUT2D eigenvalue weighted by Gasteiger charge is 2.21. The van der Waals surface area contributed by atoms with Gasteiger partial charge in [-0.15, -0.1) is 11.3 Å². The lowest BCUT2D eigenvalue weighted by molar-refractivity contribution is -0.386. The normalized spacial score (nSPS) is 11.5. The first-order valence-electron chi connectivity index (χ1n) is 5.68. The average molecular weight is 329 g/mol. The minimum atomic E-state index is -3.92. The highest BCUT2D eigenvalue weighted by molar-refractivity contribution is 7.89. The quantitative estimate of drug-likeness (QED) is 0.633. The molecule has 2 rings (SSSR count). The Morgan fingerprint density at radius 2 is 2.19 bits per heavy atom. The first kappa shape index (κ1) is 15.4. The Bertz CT molecular complexity index is 785. The van der Waals surface area contributed by atoms with E-state index in [0.29, 0.717) is 5.01 Å². The maximum absolute atomic E-state index is 12.1. The number of benzene rings is 1. The van der Waals surface area contributed by atoms with Gasteiger partial charge in [0, 0.05) is 17.1 Å². The molecule has 0 saturated carbocycles. The molecule has 10 heteroatoms. The number of nitro groups is 1. The first-order chi connectivity index (χ1) is 9.79. The highest BCUT2D eigenvalue weighted by atomic mass is 32.2. The molecule has 21 heavy (non-hydrogen) atoms. The first-order valence-corrected chi connectivity index (χ1v) is 7.98. The van der Waals surface area contributed by atoms with E-state index in [0.717, 1.165) is 23.1 Å². The lowest BCUT2D eigenvalue weighted by Crippen LogP contribution is -2.23. The third-order valence-corrected chi connectivity index (χ3v) is 4.85. The maximum atomic E-state index is 12.1. The van der Waals surface area contributed by atoms with Gasteiger partial charge in [0.05, 0.1) is 16.4 Å². The summed E-state index contributed by atoms with van der Waals surface area (Å²) in [5.41, 5.74) is -0.664. The summed E-state index contributed by atoms with van der Waals surface area (Å²) in [7, 11) is -3.92. The Labute approximate surface area is 124 Å². The molecule has 2 aromatic rings. The van der Waals surface area contributed by atoms with E-state index < -0.39 is 26.4 Å². The van der Waals surface area contributed by atoms with E-state index in [2.05, 4.69) is 9.71 Å². The van der Waals surface area contributed by atoms with E-state index in [1.807, 2.05) is 6.92 Å². The monoisotopic (exact) mass is 329 g/mol. The van der Waals surface area contributed by atoms with Gasteiger partial charge in [-0.2, -0.15) is 0 Å². The summed E-state index contributed by atoms with van der Waals surface area (Å²) in [6.45, 7) is 1.84. The zero-order valence-corrected chi connectivity index (χ0v) is 12.4. The third-order valence-electron chi connectivity index (χ3n) is 2.54. The average Bonchev–Trinajstić information content (AvgIpc) is 2.82. The lowest BCUT2D eigenvalue weighted by Gasteiger charge is -2.05. The second-order valence-electron chi connectivity index (χ2n) is 4.10. The van der Waals surface area contributed by atoms with Gasteiger partial charge in [0.15, 0.2) is 5.75 Å². The van der Waals surface area contributed by atoms with Gasteiger partial charge in [0.25, 0.3) is 0 Å². The van der Waals surface area contributed by atoms with Crippen molar-refractivity contribution in [2.24, 2.45) is 0 Å². The molecule has 0 fully saturated rings. The SMILES string of the molecule is Cc1cnc(CNS(=O)(=O)c2ccc(O)c([N+](=O)[O-])c2)s1. The van der Waals surface area contributed by atoms with Crippen molar-refractivity contribution in [3.8, 4) is 5.75 Å². The number of aromatic hydroxyl groups is 1. The molecule has 0 saturated heterocycles. The molecule has 0 aliphatic heterocycles. The van der Waals surface area contributed by atoms with Crippen LogP contribution >= 0.6 is 11.3 Å². The van der Waals surface area contributed by atoms with Crippen LogP contribution in [-0.4, -0.2) is 23.4 Å². The standard InChI is InChI=1S/C11H11N3O5S2/c1-7-5-12-11(20-7)6-13-21(18,19)8-2-3-10(15)9(4-8)14(16)17/h2-5,13,15H,6H2,1H3. The summed E-state index contributed by atoms with van der Waals surface area (Å²) in [5, 5.41) is 20.6. The summed E-state index contributed by atoms with van der Waals surface area (Å²) in [6.07, 6.45) is 1.62. The van der Waals surface area contributed by atoms with Crippen molar-refractivity contribution in [1.82, 2.24) is 9.71 Å². The lowest BCUT2D eigenvalue weighted by atomic mass is 10.3. The Kier molecular flexibility index (Phi) is 4.21. The van der Waals surface area contributed by atoms with Crippen molar-refractivity contribution in [3.63, 3.8) is 0 Å². The number of sulfonamides is 1. The smallest absolute Gasteiger partial charge is 0.312 e. The minimum Gasteiger partial charge on any atom is -0.502 e. The number of rotatable bonds is 5. The molecule has 1 aromatic heterocycles. The van der Waals surface area contributed by atoms with Crippen LogP contribution in [0.4, 0.5) is 5.69 Å². The van der Waals surface area contributed by atoms with Crippen molar-refractivity contribution in [3.05, 3.63) is 44.4 Å². The number of nitrogens with zero attached hydrogens (tertiary/aromatic N) is 2. The molecule has 2 N–H and O–H groups in total. The van der Waals surface area contributed by atoms with Gasteiger partial charge in [0.2, 0.25) is 10.0 Å². The van der Waals surface area contributed by atoms with Crippen LogP contribution in [0.1, 0.15) is 9.88 Å². The van der Waals surface area contributed by atoms with Crippen molar-refractivity contribution in [2.45, 2.75) is 18.4 Å². The Morgan fingerprint density at radius 3 is 2.76 bits per heavy atom. The molecule has 0 aliphatic rings. The fraction of sp³-hybridized carbons (Fsp3) is 0.182. The van der Waals surface area contributed by atoms with E-state index in [1.54, 1.807) is 6.20 Å². The summed E-state index contributed by atoms with van der Waals surface area (Å²) in [6, 6.07) is 2.88. The topological polar surface area (TPSA) is 122 Å². The Morgan fingerprint density at radius 1 is 1.48 bits per heavy atom. The zero-order valence-electron chi connectivity index (χ0n) is 10.8. The minimum absolute atomic E-state index is 0.00445. The van der Waals surface area contributed by atoms with Gasteiger partial charge in [0.1, 0.15) is 5.01 Å². The number of phenols is 1. The van der Waals surface area contributed by atoms with Crippen LogP contribution in [0, 0.1) is 17.0 Å². The molecule has 1 aromatic carbocycles. The van der Waals surface area contributed by atoms with Crippen LogP contribution in [0.25, 0.3) is 0 Å². The molecule has 0 aliphatic carbocycles. The van der Waals surface area contributed by atoms with Crippen molar-refractivity contribution >= 4 is 27.0 Å². The molecule has 8 nitrogen and oxygen atoms in total. The van der Waals surface area contributed by atoms with E-state index >= 15 is 0 Å². The van der Waals surface area contributed by atoms with Gasteiger partial charge in [-0.05, 0) is 19.1 Å². The molecule has 0 unspecified atom stereocenters. The zero-order chi connectivity index (χ0) is 15.6. The number of aromatic nitrogens is 1. The van der Waals surface area contributed by atoms with Crippen LogP contribution in [0.2, 0.25) is 0 Å². The molecule has 0 amide bonds. The van der Waals surface area contributed by atoms with E-state index in [9.17, 15) is 23.6 Å². The van der Waals surface area contributed by atoms with E-state index in [4.69, 9.17) is 0 Å². The fourth-order valence-corrected chi connectivity index (χ4v) is 3.37. The summed E-state index contributed by atoms with van der Waals surface area (Å²) >= 11 is 1.35. The predicted octanol–water partition coefficient (Wildman–Crippen LogP) is 1.54. The van der Waals surface area contributed by atoms with Crippen LogP contribution in [0.15, 0.2) is 29.3 Å². The summed E-state index contributed by atoms with van der Waals surface area (Å²) in [5.74, 6) is -0.588. The molecule has 0 spiro atoms.